The second-order valence-corrected chi connectivity index (χ2v) is 10.8. The van der Waals surface area contributed by atoms with Gasteiger partial charge in [0.15, 0.2) is 29.2 Å². The predicted molar refractivity (Wildman–Crippen MR) is 169 cm³/mol. The first kappa shape index (κ1) is 25.2. The lowest BCUT2D eigenvalue weighted by Crippen LogP contribution is -2.56. The Bertz CT molecular complexity index is 2090. The minimum atomic E-state index is -0.405. The van der Waals surface area contributed by atoms with Crippen molar-refractivity contribution in [2.24, 2.45) is 7.05 Å². The van der Waals surface area contributed by atoms with Crippen molar-refractivity contribution in [3.05, 3.63) is 127 Å². The third kappa shape index (κ3) is 4.20. The van der Waals surface area contributed by atoms with E-state index in [0.29, 0.717) is 28.8 Å². The van der Waals surface area contributed by atoms with Crippen molar-refractivity contribution < 1.29 is 13.7 Å². The van der Waals surface area contributed by atoms with Crippen molar-refractivity contribution in [1.82, 2.24) is 15.0 Å². The molecule has 3 aromatic heterocycles. The zero-order valence-electron chi connectivity index (χ0n) is 23.7. The van der Waals surface area contributed by atoms with Crippen LogP contribution in [-0.4, -0.2) is 21.7 Å². The molecule has 0 amide bonds. The van der Waals surface area contributed by atoms with Gasteiger partial charge in [0.05, 0.1) is 10.9 Å². The van der Waals surface area contributed by atoms with Gasteiger partial charge in [-0.25, -0.2) is 19.5 Å². The van der Waals surface area contributed by atoms with E-state index in [2.05, 4.69) is 35.8 Å². The molecule has 0 unspecified atom stereocenters. The molecule has 0 spiro atoms. The van der Waals surface area contributed by atoms with Gasteiger partial charge in [0.2, 0.25) is 5.69 Å². The van der Waals surface area contributed by atoms with Crippen molar-refractivity contribution >= 4 is 34.5 Å². The molecule has 0 N–H and O–H groups in total. The van der Waals surface area contributed by atoms with Crippen LogP contribution < -0.4 is 26.2 Å². The van der Waals surface area contributed by atoms with Crippen LogP contribution in [0.1, 0.15) is 5.56 Å². The molecule has 1 aliphatic rings. The van der Waals surface area contributed by atoms with E-state index in [4.69, 9.17) is 24.1 Å². The van der Waals surface area contributed by atoms with Crippen LogP contribution in [0.3, 0.4) is 0 Å². The fourth-order valence-corrected chi connectivity index (χ4v) is 5.93. The third-order valence-corrected chi connectivity index (χ3v) is 8.04. The van der Waals surface area contributed by atoms with Crippen LogP contribution >= 0.6 is 0 Å². The van der Waals surface area contributed by atoms with Gasteiger partial charge < -0.3 is 9.15 Å². The number of nitrogens with zero attached hydrogens (tertiary/aromatic N) is 4. The van der Waals surface area contributed by atoms with E-state index in [-0.39, 0.29) is 0 Å². The average molecular weight is 557 g/mol. The van der Waals surface area contributed by atoms with Crippen LogP contribution in [0.25, 0.3) is 45.0 Å². The topological polar surface area (TPSA) is 64.9 Å². The van der Waals surface area contributed by atoms with Gasteiger partial charge in [0.1, 0.15) is 24.2 Å². The molecule has 4 heterocycles. The SMILES string of the molecule is Cc1ccc2c3c(oc2c1-c1cccc[n+]1C)B(c1nc(-c2ccccc2)nc(-c2ccccc2)n1)c1ccccc1O3. The maximum atomic E-state index is 6.89. The number of ether oxygens (including phenoxy) is 1. The summed E-state index contributed by atoms with van der Waals surface area (Å²) in [7, 11) is 2.05. The van der Waals surface area contributed by atoms with Gasteiger partial charge in [-0.05, 0) is 36.1 Å². The molecule has 8 rings (SSSR count). The number of hydrogen-bond donors (Lipinski definition) is 0. The lowest BCUT2D eigenvalue weighted by molar-refractivity contribution is -0.660. The number of aryl methyl sites for hydroxylation is 2. The summed E-state index contributed by atoms with van der Waals surface area (Å²) >= 11 is 0. The monoisotopic (exact) mass is 557 g/mol. The van der Waals surface area contributed by atoms with Crippen molar-refractivity contribution in [3.63, 3.8) is 0 Å². The Balaban J connectivity index is 1.41. The van der Waals surface area contributed by atoms with E-state index < -0.39 is 6.71 Å². The minimum Gasteiger partial charge on any atom is -0.465 e. The van der Waals surface area contributed by atoms with E-state index in [1.165, 1.54) is 0 Å². The molecular weight excluding hydrogens is 531 g/mol. The number of aromatic nitrogens is 4. The number of benzene rings is 4. The summed E-state index contributed by atoms with van der Waals surface area (Å²) in [4.78, 5) is 15.1. The third-order valence-electron chi connectivity index (χ3n) is 8.04. The lowest BCUT2D eigenvalue weighted by atomic mass is 9.41. The average Bonchev–Trinajstić information content (AvgIpc) is 3.42. The molecule has 0 saturated carbocycles. The maximum absolute atomic E-state index is 6.89. The summed E-state index contributed by atoms with van der Waals surface area (Å²) in [6.07, 6.45) is 2.05. The summed E-state index contributed by atoms with van der Waals surface area (Å²) < 4.78 is 15.6. The van der Waals surface area contributed by atoms with Crippen LogP contribution in [0.5, 0.6) is 11.5 Å². The van der Waals surface area contributed by atoms with Crippen LogP contribution in [-0.2, 0) is 7.05 Å². The fourth-order valence-electron chi connectivity index (χ4n) is 5.93. The number of fused-ring (bicyclic) bond motifs is 4. The second-order valence-electron chi connectivity index (χ2n) is 10.8. The Morgan fingerprint density at radius 2 is 1.33 bits per heavy atom. The molecule has 4 aromatic carbocycles. The Hall–Kier alpha value is -5.56. The normalized spacial score (nSPS) is 12.1. The number of furan rings is 1. The summed E-state index contributed by atoms with van der Waals surface area (Å²) in [6.45, 7) is 1.71. The number of rotatable bonds is 4. The van der Waals surface area contributed by atoms with Crippen LogP contribution in [0.2, 0.25) is 0 Å². The highest BCUT2D eigenvalue weighted by atomic mass is 16.5. The number of hydrogen-bond acceptors (Lipinski definition) is 5. The van der Waals surface area contributed by atoms with Crippen LogP contribution in [0, 0.1) is 6.92 Å². The van der Waals surface area contributed by atoms with Gasteiger partial charge in [0.25, 0.3) is 0 Å². The standard InChI is InChI=1S/C36H26BN4O2/c1-23-20-21-26-31(30(23)28-18-11-12-22-41(28)2)43-33-32(26)42-29-19-10-9-17-27(29)37(33)36-39-34(24-13-5-3-6-14-24)38-35(40-36)25-15-7-4-8-16-25/h3-22H,1-2H3/q+1. The Labute approximate surface area is 249 Å². The Kier molecular flexibility index (Phi) is 5.89. The molecule has 0 radical (unpaired) electrons. The number of pyridine rings is 1. The molecule has 1 aliphatic heterocycles. The minimum absolute atomic E-state index is 0.405. The van der Waals surface area contributed by atoms with E-state index in [9.17, 15) is 0 Å². The van der Waals surface area contributed by atoms with E-state index >= 15 is 0 Å². The van der Waals surface area contributed by atoms with Gasteiger partial charge in [-0.15, -0.1) is 0 Å². The Morgan fingerprint density at radius 3 is 2.02 bits per heavy atom. The summed E-state index contributed by atoms with van der Waals surface area (Å²) in [5, 5.41) is 0.916. The highest BCUT2D eigenvalue weighted by molar-refractivity contribution is 6.95. The lowest BCUT2D eigenvalue weighted by Gasteiger charge is -2.22. The first-order valence-electron chi connectivity index (χ1n) is 14.3. The molecule has 0 fully saturated rings. The van der Waals surface area contributed by atoms with E-state index in [1.54, 1.807) is 0 Å². The van der Waals surface area contributed by atoms with Crippen LogP contribution in [0.4, 0.5) is 0 Å². The molecule has 0 atom stereocenters. The second kappa shape index (κ2) is 10.1. The molecular formula is C36H26BN4O2+. The first-order valence-corrected chi connectivity index (χ1v) is 14.3. The first-order chi connectivity index (χ1) is 21.2. The largest absolute Gasteiger partial charge is 0.465 e. The quantitative estimate of drug-likeness (QED) is 0.215. The molecule has 0 aliphatic carbocycles. The van der Waals surface area contributed by atoms with Crippen LogP contribution in [0.15, 0.2) is 126 Å². The van der Waals surface area contributed by atoms with Gasteiger partial charge in [-0.1, -0.05) is 84.9 Å². The summed E-state index contributed by atoms with van der Waals surface area (Å²) in [5.74, 6) is 2.68. The molecule has 0 saturated heterocycles. The molecule has 204 valence electrons. The smallest absolute Gasteiger partial charge is 0.343 e. The number of para-hydroxylation sites is 1. The van der Waals surface area contributed by atoms with Crippen molar-refractivity contribution in [1.29, 1.82) is 0 Å². The van der Waals surface area contributed by atoms with Crippen molar-refractivity contribution in [2.75, 3.05) is 0 Å². The molecule has 7 aromatic rings. The van der Waals surface area contributed by atoms with E-state index in [0.717, 1.165) is 50.1 Å². The summed E-state index contributed by atoms with van der Waals surface area (Å²) in [6, 6.07) is 38.5. The van der Waals surface area contributed by atoms with E-state index in [1.807, 2.05) is 104 Å². The summed E-state index contributed by atoms with van der Waals surface area (Å²) in [5.41, 5.74) is 8.07. The van der Waals surface area contributed by atoms with Gasteiger partial charge in [-0.2, -0.15) is 0 Å². The van der Waals surface area contributed by atoms with Gasteiger partial charge >= 0.3 is 6.71 Å². The zero-order valence-corrected chi connectivity index (χ0v) is 23.7. The molecule has 6 nitrogen and oxygen atoms in total. The molecule has 43 heavy (non-hydrogen) atoms. The highest BCUT2D eigenvalue weighted by Gasteiger charge is 2.41. The van der Waals surface area contributed by atoms with Crippen molar-refractivity contribution in [2.45, 2.75) is 6.92 Å². The van der Waals surface area contributed by atoms with Gasteiger partial charge in [0, 0.05) is 23.3 Å². The Morgan fingerprint density at radius 1 is 0.674 bits per heavy atom. The maximum Gasteiger partial charge on any atom is 0.343 e. The molecule has 7 heteroatoms. The van der Waals surface area contributed by atoms with Gasteiger partial charge in [-0.3, -0.25) is 0 Å². The predicted octanol–water partition coefficient (Wildman–Crippen LogP) is 5.37. The highest BCUT2D eigenvalue weighted by Crippen LogP contribution is 2.39. The fraction of sp³-hybridized carbons (Fsp3) is 0.0556. The zero-order chi connectivity index (χ0) is 28.9. The van der Waals surface area contributed by atoms with Crippen molar-refractivity contribution in [3.8, 4) is 45.5 Å². The molecule has 0 bridgehead atoms.